The van der Waals surface area contributed by atoms with Gasteiger partial charge < -0.3 is 15.7 Å². The van der Waals surface area contributed by atoms with Crippen LogP contribution in [0.25, 0.3) is 0 Å². The maximum Gasteiger partial charge on any atom is 0.235 e. The smallest absolute Gasteiger partial charge is 0.235 e. The number of rotatable bonds is 3. The normalized spacial score (nSPS) is 24.9. The summed E-state index contributed by atoms with van der Waals surface area (Å²) in [5.41, 5.74) is 4.87. The van der Waals surface area contributed by atoms with Crippen molar-refractivity contribution >= 4 is 23.1 Å². The Labute approximate surface area is 102 Å². The summed E-state index contributed by atoms with van der Waals surface area (Å²) in [6.45, 7) is 4.77. The molecule has 1 fully saturated rings. The number of β-amino-alcohol motifs (C(OH)–C–C–N with tert-alkyl or cyclic N) is 1. The largest absolute Gasteiger partial charge is 0.392 e. The highest BCUT2D eigenvalue weighted by atomic mass is 32.1. The minimum absolute atomic E-state index is 0.0544. The molecular weight excluding hydrogens is 224 g/mol. The molecule has 1 rings (SSSR count). The van der Waals surface area contributed by atoms with Crippen LogP contribution in [0.1, 0.15) is 33.1 Å². The van der Waals surface area contributed by atoms with E-state index in [2.05, 4.69) is 0 Å². The molecule has 0 aliphatic carbocycles. The molecule has 3 N–H and O–H groups in total. The number of nitrogens with zero attached hydrogens (tertiary/aromatic N) is 1. The summed E-state index contributed by atoms with van der Waals surface area (Å²) in [5.74, 6) is -0.0544. The standard InChI is InChI=1S/C11H20N2O2S/c1-3-11(2,9(12)16)10(15)13-6-4-5-8(14)7-13/h8,14H,3-7H2,1-2H3,(H2,12,16). The number of thiocarbonyl (C=S) groups is 1. The van der Waals surface area contributed by atoms with Crippen molar-refractivity contribution in [3.05, 3.63) is 0 Å². The zero-order valence-corrected chi connectivity index (χ0v) is 10.7. The minimum Gasteiger partial charge on any atom is -0.392 e. The van der Waals surface area contributed by atoms with Gasteiger partial charge in [-0.15, -0.1) is 0 Å². The monoisotopic (exact) mass is 244 g/mol. The summed E-state index contributed by atoms with van der Waals surface area (Å²) < 4.78 is 0. The molecule has 1 amide bonds. The van der Waals surface area contributed by atoms with Gasteiger partial charge in [0.05, 0.1) is 16.5 Å². The first-order valence-electron chi connectivity index (χ1n) is 5.69. The number of nitrogens with two attached hydrogens (primary N) is 1. The van der Waals surface area contributed by atoms with E-state index in [0.717, 1.165) is 12.8 Å². The Morgan fingerprint density at radius 1 is 1.69 bits per heavy atom. The Morgan fingerprint density at radius 2 is 2.31 bits per heavy atom. The molecular formula is C11H20N2O2S. The van der Waals surface area contributed by atoms with E-state index in [1.165, 1.54) is 0 Å². The van der Waals surface area contributed by atoms with Gasteiger partial charge in [0.25, 0.3) is 0 Å². The maximum absolute atomic E-state index is 12.3. The van der Waals surface area contributed by atoms with Crippen LogP contribution in [0.4, 0.5) is 0 Å². The fourth-order valence-electron chi connectivity index (χ4n) is 1.92. The second-order valence-corrected chi connectivity index (χ2v) is 5.04. The van der Waals surface area contributed by atoms with Crippen LogP contribution in [0.5, 0.6) is 0 Å². The van der Waals surface area contributed by atoms with E-state index in [4.69, 9.17) is 18.0 Å². The van der Waals surface area contributed by atoms with Crippen LogP contribution in [0.2, 0.25) is 0 Å². The molecule has 0 radical (unpaired) electrons. The van der Waals surface area contributed by atoms with Gasteiger partial charge in [-0.1, -0.05) is 19.1 Å². The average molecular weight is 244 g/mol. The highest BCUT2D eigenvalue weighted by molar-refractivity contribution is 7.80. The van der Waals surface area contributed by atoms with Crippen LogP contribution in [-0.2, 0) is 4.79 Å². The molecule has 0 saturated carbocycles. The van der Waals surface area contributed by atoms with Crippen molar-refractivity contribution in [2.24, 2.45) is 11.1 Å². The first kappa shape index (κ1) is 13.4. The Kier molecular flexibility index (Phi) is 4.27. The van der Waals surface area contributed by atoms with E-state index in [9.17, 15) is 9.90 Å². The number of piperidine rings is 1. The minimum atomic E-state index is -0.771. The van der Waals surface area contributed by atoms with Gasteiger partial charge in [0.2, 0.25) is 5.91 Å². The molecule has 1 saturated heterocycles. The Hall–Kier alpha value is -0.680. The lowest BCUT2D eigenvalue weighted by molar-refractivity contribution is -0.140. The van der Waals surface area contributed by atoms with Crippen LogP contribution >= 0.6 is 12.2 Å². The number of carbonyl (C=O) groups is 1. The van der Waals surface area contributed by atoms with Gasteiger partial charge in [0, 0.05) is 13.1 Å². The fraction of sp³-hybridized carbons (Fsp3) is 0.818. The van der Waals surface area contributed by atoms with E-state index >= 15 is 0 Å². The third-order valence-electron chi connectivity index (χ3n) is 3.41. The van der Waals surface area contributed by atoms with E-state index < -0.39 is 11.5 Å². The van der Waals surface area contributed by atoms with Gasteiger partial charge in [-0.3, -0.25) is 4.79 Å². The third-order valence-corrected chi connectivity index (χ3v) is 3.86. The fourth-order valence-corrected chi connectivity index (χ4v) is 2.15. The molecule has 2 atom stereocenters. The van der Waals surface area contributed by atoms with Gasteiger partial charge in [0.15, 0.2) is 0 Å². The number of hydrogen-bond donors (Lipinski definition) is 2. The van der Waals surface area contributed by atoms with E-state index in [-0.39, 0.29) is 10.9 Å². The van der Waals surface area contributed by atoms with E-state index in [1.54, 1.807) is 11.8 Å². The third kappa shape index (κ3) is 2.52. The number of aliphatic hydroxyl groups excluding tert-OH is 1. The van der Waals surface area contributed by atoms with Crippen LogP contribution in [0, 0.1) is 5.41 Å². The van der Waals surface area contributed by atoms with Crippen molar-refractivity contribution in [1.29, 1.82) is 0 Å². The summed E-state index contributed by atoms with van der Waals surface area (Å²) in [5, 5.41) is 9.55. The topological polar surface area (TPSA) is 66.6 Å². The molecule has 1 aliphatic heterocycles. The number of amides is 1. The quantitative estimate of drug-likeness (QED) is 0.716. The first-order valence-corrected chi connectivity index (χ1v) is 6.10. The summed E-state index contributed by atoms with van der Waals surface area (Å²) in [7, 11) is 0. The maximum atomic E-state index is 12.3. The average Bonchev–Trinajstić information content (AvgIpc) is 2.26. The molecule has 0 bridgehead atoms. The highest BCUT2D eigenvalue weighted by Gasteiger charge is 2.39. The molecule has 0 aromatic carbocycles. The van der Waals surface area contributed by atoms with Gasteiger partial charge >= 0.3 is 0 Å². The molecule has 0 aromatic rings. The number of aliphatic hydroxyl groups is 1. The zero-order chi connectivity index (χ0) is 12.3. The zero-order valence-electron chi connectivity index (χ0n) is 9.90. The lowest BCUT2D eigenvalue weighted by Gasteiger charge is -2.36. The molecule has 4 nitrogen and oxygen atoms in total. The van der Waals surface area contributed by atoms with Crippen LogP contribution in [0.15, 0.2) is 0 Å². The van der Waals surface area contributed by atoms with Crippen molar-refractivity contribution in [1.82, 2.24) is 4.90 Å². The summed E-state index contributed by atoms with van der Waals surface area (Å²) in [4.78, 5) is 14.2. The molecule has 1 heterocycles. The molecule has 92 valence electrons. The highest BCUT2D eigenvalue weighted by Crippen LogP contribution is 2.26. The number of carbonyl (C=O) groups excluding carboxylic acids is 1. The second kappa shape index (κ2) is 5.10. The van der Waals surface area contributed by atoms with Crippen molar-refractivity contribution in [2.75, 3.05) is 13.1 Å². The summed E-state index contributed by atoms with van der Waals surface area (Å²) in [6, 6.07) is 0. The molecule has 1 aliphatic rings. The first-order chi connectivity index (χ1) is 7.41. The van der Waals surface area contributed by atoms with Crippen molar-refractivity contribution < 1.29 is 9.90 Å². The Balaban J connectivity index is 2.79. The molecule has 2 unspecified atom stereocenters. The summed E-state index contributed by atoms with van der Waals surface area (Å²) in [6.07, 6.45) is 1.78. The van der Waals surface area contributed by atoms with Crippen LogP contribution in [0.3, 0.4) is 0 Å². The number of hydrogen-bond acceptors (Lipinski definition) is 3. The lowest BCUT2D eigenvalue weighted by Crippen LogP contribution is -2.52. The van der Waals surface area contributed by atoms with Crippen molar-refractivity contribution in [3.8, 4) is 0 Å². The van der Waals surface area contributed by atoms with Crippen LogP contribution in [-0.4, -0.2) is 40.1 Å². The van der Waals surface area contributed by atoms with Crippen LogP contribution < -0.4 is 5.73 Å². The lowest BCUT2D eigenvalue weighted by atomic mass is 9.85. The van der Waals surface area contributed by atoms with Gasteiger partial charge in [-0.2, -0.15) is 0 Å². The molecule has 5 heteroatoms. The van der Waals surface area contributed by atoms with Crippen molar-refractivity contribution in [2.45, 2.75) is 39.2 Å². The van der Waals surface area contributed by atoms with E-state index in [1.807, 2.05) is 6.92 Å². The van der Waals surface area contributed by atoms with Gasteiger partial charge in [0.1, 0.15) is 0 Å². The van der Waals surface area contributed by atoms with Gasteiger partial charge in [-0.05, 0) is 26.2 Å². The summed E-state index contributed by atoms with van der Waals surface area (Å²) >= 11 is 4.97. The van der Waals surface area contributed by atoms with Crippen molar-refractivity contribution in [3.63, 3.8) is 0 Å². The second-order valence-electron chi connectivity index (χ2n) is 4.60. The SMILES string of the molecule is CCC(C)(C(=O)N1CCCC(O)C1)C(N)=S. The van der Waals surface area contributed by atoms with E-state index in [0.29, 0.717) is 19.5 Å². The molecule has 16 heavy (non-hydrogen) atoms. The Morgan fingerprint density at radius 3 is 2.75 bits per heavy atom. The predicted octanol–water partition coefficient (Wildman–Crippen LogP) is 0.672. The van der Waals surface area contributed by atoms with Gasteiger partial charge in [-0.25, -0.2) is 0 Å². The molecule has 0 aromatic heterocycles. The number of likely N-dealkylation sites (tertiary alicyclic amines) is 1. The Bertz CT molecular complexity index is 296. The predicted molar refractivity (Wildman–Crippen MR) is 67.0 cm³/mol. The molecule has 0 spiro atoms.